The van der Waals surface area contributed by atoms with Crippen molar-refractivity contribution in [3.05, 3.63) is 259 Å². The van der Waals surface area contributed by atoms with Crippen LogP contribution >= 0.6 is 0 Å². The Kier molecular flexibility index (Phi) is 8.46. The first kappa shape index (κ1) is 33.4. The summed E-state index contributed by atoms with van der Waals surface area (Å²) in [5.74, 6) is 0. The smallest absolute Gasteiger partial charge is 0.0714 e. The first-order chi connectivity index (χ1) is 27.8. The lowest BCUT2D eigenvalue weighted by Crippen LogP contribution is -2.28. The van der Waals surface area contributed by atoms with Gasteiger partial charge >= 0.3 is 0 Å². The van der Waals surface area contributed by atoms with E-state index in [1.165, 1.54) is 66.8 Å². The van der Waals surface area contributed by atoms with Crippen LogP contribution in [0.1, 0.15) is 22.3 Å². The Labute approximate surface area is 329 Å². The minimum atomic E-state index is -0.500. The van der Waals surface area contributed by atoms with Gasteiger partial charge in [0, 0.05) is 16.9 Å². The molecule has 1 aliphatic rings. The fourth-order valence-electron chi connectivity index (χ4n) is 8.92. The van der Waals surface area contributed by atoms with Gasteiger partial charge in [-0.15, -0.1) is 0 Å². The molecule has 56 heavy (non-hydrogen) atoms. The monoisotopic (exact) mass is 713 g/mol. The summed E-state index contributed by atoms with van der Waals surface area (Å²) in [6.07, 6.45) is 0. The van der Waals surface area contributed by atoms with Crippen molar-refractivity contribution in [1.82, 2.24) is 0 Å². The Morgan fingerprint density at radius 3 is 1.27 bits per heavy atom. The molecule has 0 amide bonds. The predicted octanol–water partition coefficient (Wildman–Crippen LogP) is 14.5. The average Bonchev–Trinajstić information content (AvgIpc) is 3.58. The van der Waals surface area contributed by atoms with Crippen molar-refractivity contribution < 1.29 is 0 Å². The van der Waals surface area contributed by atoms with E-state index in [0.717, 1.165) is 17.1 Å². The summed E-state index contributed by atoms with van der Waals surface area (Å²) in [5.41, 5.74) is 17.7. The largest absolute Gasteiger partial charge is 0.310 e. The van der Waals surface area contributed by atoms with Crippen LogP contribution in [0.4, 0.5) is 17.1 Å². The highest BCUT2D eigenvalue weighted by Gasteiger charge is 2.46. The van der Waals surface area contributed by atoms with Gasteiger partial charge < -0.3 is 4.90 Å². The summed E-state index contributed by atoms with van der Waals surface area (Å²) in [5, 5.41) is 0. The van der Waals surface area contributed by atoms with Gasteiger partial charge in [0.05, 0.1) is 11.1 Å². The zero-order chi connectivity index (χ0) is 37.3. The summed E-state index contributed by atoms with van der Waals surface area (Å²) in [6, 6.07) is 86.2. The second kappa shape index (κ2) is 14.2. The quantitative estimate of drug-likeness (QED) is 0.152. The summed E-state index contributed by atoms with van der Waals surface area (Å²) in [6.45, 7) is 0. The number of hydrogen-bond acceptors (Lipinski definition) is 1. The van der Waals surface area contributed by atoms with Crippen molar-refractivity contribution in [1.29, 1.82) is 0 Å². The van der Waals surface area contributed by atoms with Crippen molar-refractivity contribution in [2.75, 3.05) is 4.90 Å². The topological polar surface area (TPSA) is 3.24 Å². The third kappa shape index (κ3) is 5.56. The van der Waals surface area contributed by atoms with Crippen LogP contribution < -0.4 is 4.90 Å². The van der Waals surface area contributed by atoms with Crippen molar-refractivity contribution in [2.45, 2.75) is 5.41 Å². The van der Waals surface area contributed by atoms with Gasteiger partial charge in [0.25, 0.3) is 0 Å². The molecule has 1 nitrogen and oxygen atoms in total. The Morgan fingerprint density at radius 2 is 0.679 bits per heavy atom. The second-order valence-electron chi connectivity index (χ2n) is 14.4. The molecule has 0 unspecified atom stereocenters. The summed E-state index contributed by atoms with van der Waals surface area (Å²) in [4.78, 5) is 2.44. The Morgan fingerprint density at radius 1 is 0.268 bits per heavy atom. The summed E-state index contributed by atoms with van der Waals surface area (Å²) in [7, 11) is 0. The SMILES string of the molecule is c1ccc(-c2ccccc2-c2ccc(N(c3ccc4c(c3)C(c3ccccc3)(c3ccccc3)c3ccccc3-4)c3ccccc3-c3ccccc3)cc2)cc1. The number of fused-ring (bicyclic) bond motifs is 3. The molecule has 0 bridgehead atoms. The molecule has 0 spiro atoms. The fraction of sp³-hybridized carbons (Fsp3) is 0.0182. The van der Waals surface area contributed by atoms with Gasteiger partial charge in [0.15, 0.2) is 0 Å². The molecule has 0 fully saturated rings. The van der Waals surface area contributed by atoms with Crippen LogP contribution in [-0.2, 0) is 5.41 Å². The van der Waals surface area contributed by atoms with E-state index in [1.54, 1.807) is 0 Å². The predicted molar refractivity (Wildman–Crippen MR) is 235 cm³/mol. The normalized spacial score (nSPS) is 12.4. The molecule has 9 aromatic carbocycles. The average molecular weight is 714 g/mol. The number of nitrogens with zero attached hydrogens (tertiary/aromatic N) is 1. The highest BCUT2D eigenvalue weighted by Crippen LogP contribution is 2.57. The number of hydrogen-bond donors (Lipinski definition) is 0. The molecule has 1 heteroatoms. The van der Waals surface area contributed by atoms with Crippen LogP contribution in [0, 0.1) is 0 Å². The van der Waals surface area contributed by atoms with Gasteiger partial charge in [-0.2, -0.15) is 0 Å². The number of para-hydroxylation sites is 1. The molecule has 0 aliphatic heterocycles. The maximum atomic E-state index is 2.45. The molecule has 0 saturated heterocycles. The summed E-state index contributed by atoms with van der Waals surface area (Å²) >= 11 is 0. The van der Waals surface area contributed by atoms with Crippen molar-refractivity contribution in [3.8, 4) is 44.5 Å². The van der Waals surface area contributed by atoms with E-state index in [9.17, 15) is 0 Å². The van der Waals surface area contributed by atoms with Crippen molar-refractivity contribution in [3.63, 3.8) is 0 Å². The molecule has 1 aliphatic carbocycles. The third-order valence-corrected chi connectivity index (χ3v) is 11.4. The van der Waals surface area contributed by atoms with Crippen LogP contribution in [0.3, 0.4) is 0 Å². The minimum Gasteiger partial charge on any atom is -0.310 e. The Hall–Kier alpha value is -7.22. The van der Waals surface area contributed by atoms with Gasteiger partial charge in [-0.3, -0.25) is 0 Å². The maximum Gasteiger partial charge on any atom is 0.0714 e. The molecular formula is C55H39N. The standard InChI is InChI=1S/C55H39N/c1-5-19-40(20-6-1)47-27-13-14-28-48(47)42-33-35-45(36-34-42)56(54-32-18-16-29-49(54)41-21-7-2-8-22-41)46-37-38-51-50-30-15-17-31-52(50)55(53(51)39-46,43-23-9-3-10-24-43)44-25-11-4-12-26-44/h1-39H. The van der Waals surface area contributed by atoms with Crippen molar-refractivity contribution >= 4 is 17.1 Å². The van der Waals surface area contributed by atoms with Crippen LogP contribution in [0.2, 0.25) is 0 Å². The first-order valence-corrected chi connectivity index (χ1v) is 19.4. The maximum absolute atomic E-state index is 2.45. The third-order valence-electron chi connectivity index (χ3n) is 11.4. The molecule has 0 saturated carbocycles. The Bertz CT molecular complexity index is 2730. The van der Waals surface area contributed by atoms with E-state index in [4.69, 9.17) is 0 Å². The zero-order valence-corrected chi connectivity index (χ0v) is 31.0. The lowest BCUT2D eigenvalue weighted by Gasteiger charge is -2.35. The van der Waals surface area contributed by atoms with Gasteiger partial charge in [-0.1, -0.05) is 206 Å². The highest BCUT2D eigenvalue weighted by molar-refractivity contribution is 5.93. The number of anilines is 3. The van der Waals surface area contributed by atoms with Gasteiger partial charge in [-0.05, 0) is 91.5 Å². The zero-order valence-electron chi connectivity index (χ0n) is 31.0. The van der Waals surface area contributed by atoms with Crippen LogP contribution in [0.5, 0.6) is 0 Å². The number of rotatable bonds is 8. The van der Waals surface area contributed by atoms with Gasteiger partial charge in [-0.25, -0.2) is 0 Å². The minimum absolute atomic E-state index is 0.500. The van der Waals surface area contributed by atoms with E-state index in [2.05, 4.69) is 241 Å². The molecule has 264 valence electrons. The molecule has 0 radical (unpaired) electrons. The highest BCUT2D eigenvalue weighted by atomic mass is 15.1. The molecule has 0 N–H and O–H groups in total. The second-order valence-corrected chi connectivity index (χ2v) is 14.4. The first-order valence-electron chi connectivity index (χ1n) is 19.4. The van der Waals surface area contributed by atoms with Crippen LogP contribution in [0.25, 0.3) is 44.5 Å². The number of benzene rings is 9. The molecule has 0 atom stereocenters. The Balaban J connectivity index is 1.20. The van der Waals surface area contributed by atoms with Crippen molar-refractivity contribution in [2.24, 2.45) is 0 Å². The van der Waals surface area contributed by atoms with E-state index < -0.39 is 5.41 Å². The van der Waals surface area contributed by atoms with E-state index >= 15 is 0 Å². The van der Waals surface area contributed by atoms with Crippen LogP contribution in [0.15, 0.2) is 237 Å². The fourth-order valence-corrected chi connectivity index (χ4v) is 8.92. The van der Waals surface area contributed by atoms with E-state index in [1.807, 2.05) is 0 Å². The van der Waals surface area contributed by atoms with Gasteiger partial charge in [0.2, 0.25) is 0 Å². The molecule has 10 rings (SSSR count). The van der Waals surface area contributed by atoms with Crippen LogP contribution in [-0.4, -0.2) is 0 Å². The molecule has 0 heterocycles. The van der Waals surface area contributed by atoms with E-state index in [-0.39, 0.29) is 0 Å². The molecule has 9 aromatic rings. The molecular weight excluding hydrogens is 675 g/mol. The molecule has 0 aromatic heterocycles. The van der Waals surface area contributed by atoms with E-state index in [0.29, 0.717) is 0 Å². The lowest BCUT2D eigenvalue weighted by molar-refractivity contribution is 0.768. The van der Waals surface area contributed by atoms with Gasteiger partial charge in [0.1, 0.15) is 0 Å². The summed E-state index contributed by atoms with van der Waals surface area (Å²) < 4.78 is 0. The lowest BCUT2D eigenvalue weighted by atomic mass is 9.67.